The summed E-state index contributed by atoms with van der Waals surface area (Å²) in [5, 5.41) is 0. The van der Waals surface area contributed by atoms with Gasteiger partial charge in [-0.15, -0.1) is 0 Å². The van der Waals surface area contributed by atoms with Crippen LogP contribution in [-0.2, 0) is 15.7 Å². The Morgan fingerprint density at radius 2 is 1.80 bits per heavy atom. The van der Waals surface area contributed by atoms with Crippen molar-refractivity contribution in [2.24, 2.45) is 0 Å². The third-order valence-corrected chi connectivity index (χ3v) is 2.10. The van der Waals surface area contributed by atoms with Gasteiger partial charge in [-0.05, 0) is 0 Å². The molecule has 0 atom stereocenters. The van der Waals surface area contributed by atoms with Crippen molar-refractivity contribution in [3.8, 4) is 0 Å². The molecular formula is C8H18NNi. The van der Waals surface area contributed by atoms with Crippen molar-refractivity contribution in [3.63, 3.8) is 0 Å². The van der Waals surface area contributed by atoms with E-state index in [1.807, 2.05) is 3.98 Å². The van der Waals surface area contributed by atoms with Crippen LogP contribution >= 0.6 is 0 Å². The van der Waals surface area contributed by atoms with Crippen molar-refractivity contribution in [2.45, 2.75) is 39.5 Å². The molecule has 0 aliphatic heterocycles. The number of unbranched alkanes of at least 4 members (excludes halogenated alkanes) is 3. The van der Waals surface area contributed by atoms with Gasteiger partial charge in [0.25, 0.3) is 0 Å². The summed E-state index contributed by atoms with van der Waals surface area (Å²) in [5.74, 6) is 0. The molecule has 0 aromatic heterocycles. The molecule has 0 saturated carbocycles. The Kier molecular flexibility index (Phi) is 7.90. The first-order valence-corrected chi connectivity index (χ1v) is 4.63. The summed E-state index contributed by atoms with van der Waals surface area (Å²) in [4.78, 5) is 0. The van der Waals surface area contributed by atoms with Gasteiger partial charge in [-0.2, -0.15) is 0 Å². The first kappa shape index (κ1) is 10.5. The molecule has 0 saturated heterocycles. The van der Waals surface area contributed by atoms with Gasteiger partial charge in [-0.3, -0.25) is 0 Å². The van der Waals surface area contributed by atoms with Gasteiger partial charge in [0.15, 0.2) is 0 Å². The normalized spacial score (nSPS) is 10.9. The van der Waals surface area contributed by atoms with Gasteiger partial charge in [0.05, 0.1) is 0 Å². The van der Waals surface area contributed by atoms with E-state index < -0.39 is 0 Å². The SMILES string of the molecule is CCCCCC[N]([Ni])CC. The fourth-order valence-electron chi connectivity index (χ4n) is 0.858. The molecule has 0 N–H and O–H groups in total. The summed E-state index contributed by atoms with van der Waals surface area (Å²) in [6.07, 6.45) is 5.29. The molecule has 0 aliphatic carbocycles. The third kappa shape index (κ3) is 6.57. The van der Waals surface area contributed by atoms with E-state index >= 15 is 0 Å². The van der Waals surface area contributed by atoms with Crippen LogP contribution in [0, 0.1) is 0 Å². The molecule has 0 rings (SSSR count). The van der Waals surface area contributed by atoms with Crippen molar-refractivity contribution in [3.05, 3.63) is 0 Å². The van der Waals surface area contributed by atoms with Crippen molar-refractivity contribution in [2.75, 3.05) is 13.1 Å². The fraction of sp³-hybridized carbons (Fsp3) is 1.00. The summed E-state index contributed by atoms with van der Waals surface area (Å²) in [7, 11) is 0. The summed E-state index contributed by atoms with van der Waals surface area (Å²) < 4.78 is 2.00. The molecule has 0 amide bonds. The summed E-state index contributed by atoms with van der Waals surface area (Å²) >= 11 is 4.74. The summed E-state index contributed by atoms with van der Waals surface area (Å²) in [5.41, 5.74) is 0. The van der Waals surface area contributed by atoms with Gasteiger partial charge in [-0.1, -0.05) is 0 Å². The van der Waals surface area contributed by atoms with Crippen molar-refractivity contribution >= 4 is 0 Å². The summed E-state index contributed by atoms with van der Waals surface area (Å²) in [6, 6.07) is 0. The monoisotopic (exact) mass is 186 g/mol. The van der Waals surface area contributed by atoms with Crippen LogP contribution in [0.1, 0.15) is 39.5 Å². The third-order valence-electron chi connectivity index (χ3n) is 1.56. The molecule has 65 valence electrons. The van der Waals surface area contributed by atoms with Gasteiger partial charge in [0.1, 0.15) is 0 Å². The molecular weight excluding hydrogens is 169 g/mol. The van der Waals surface area contributed by atoms with E-state index in [9.17, 15) is 0 Å². The predicted octanol–water partition coefficient (Wildman–Crippen LogP) is 2.35. The van der Waals surface area contributed by atoms with Crippen LogP contribution in [-0.4, -0.2) is 17.1 Å². The molecule has 0 fully saturated rings. The Hall–Kier alpha value is 0.454. The van der Waals surface area contributed by atoms with Crippen molar-refractivity contribution in [1.82, 2.24) is 3.98 Å². The van der Waals surface area contributed by atoms with Crippen molar-refractivity contribution in [1.29, 1.82) is 0 Å². The van der Waals surface area contributed by atoms with E-state index in [1.165, 1.54) is 25.7 Å². The first-order valence-electron chi connectivity index (χ1n) is 4.19. The zero-order valence-electron chi connectivity index (χ0n) is 7.01. The van der Waals surface area contributed by atoms with Crippen LogP contribution in [0.2, 0.25) is 0 Å². The Labute approximate surface area is 72.7 Å². The molecule has 0 aromatic carbocycles. The van der Waals surface area contributed by atoms with Crippen LogP contribution in [0.3, 0.4) is 0 Å². The maximum absolute atomic E-state index is 4.74. The van der Waals surface area contributed by atoms with Crippen LogP contribution < -0.4 is 0 Å². The van der Waals surface area contributed by atoms with E-state index in [0.717, 1.165) is 13.1 Å². The minimum absolute atomic E-state index is 1.02. The second-order valence-electron chi connectivity index (χ2n) is 2.52. The van der Waals surface area contributed by atoms with Gasteiger partial charge in [0, 0.05) is 0 Å². The molecule has 0 spiro atoms. The Morgan fingerprint density at radius 3 is 2.30 bits per heavy atom. The van der Waals surface area contributed by atoms with Crippen LogP contribution in [0.15, 0.2) is 0 Å². The fourth-order valence-corrected chi connectivity index (χ4v) is 1.01. The average Bonchev–Trinajstić information content (AvgIpc) is 1.98. The first-order chi connectivity index (χ1) is 4.81. The predicted molar refractivity (Wildman–Crippen MR) is 41.4 cm³/mol. The molecule has 0 aliphatic rings. The van der Waals surface area contributed by atoms with Crippen LogP contribution in [0.5, 0.6) is 0 Å². The Morgan fingerprint density at radius 1 is 1.10 bits per heavy atom. The molecule has 10 heavy (non-hydrogen) atoms. The molecule has 0 unspecified atom stereocenters. The quantitative estimate of drug-likeness (QED) is 0.455. The molecule has 0 radical (unpaired) electrons. The average molecular weight is 187 g/mol. The van der Waals surface area contributed by atoms with Crippen LogP contribution in [0.4, 0.5) is 0 Å². The molecule has 0 heterocycles. The Bertz CT molecular complexity index is 66.3. The van der Waals surface area contributed by atoms with Gasteiger partial charge < -0.3 is 0 Å². The molecule has 2 heteroatoms. The van der Waals surface area contributed by atoms with E-state index in [-0.39, 0.29) is 0 Å². The zero-order chi connectivity index (χ0) is 7.82. The van der Waals surface area contributed by atoms with Gasteiger partial charge >= 0.3 is 72.3 Å². The minimum atomic E-state index is 1.02. The van der Waals surface area contributed by atoms with Gasteiger partial charge in [-0.25, -0.2) is 0 Å². The second-order valence-corrected chi connectivity index (χ2v) is 3.15. The van der Waals surface area contributed by atoms with Crippen LogP contribution in [0.25, 0.3) is 0 Å². The standard InChI is InChI=1S/C8H18N.Ni/c1-3-5-6-7-8-9-4-2;/h3-8H2,1-2H3;/q-1;+1. The number of hydrogen-bond donors (Lipinski definition) is 0. The number of hydrogen-bond acceptors (Lipinski definition) is 1. The second kappa shape index (κ2) is 7.56. The van der Waals surface area contributed by atoms with E-state index in [1.54, 1.807) is 0 Å². The maximum atomic E-state index is 4.74. The zero-order valence-corrected chi connectivity index (χ0v) is 7.99. The molecule has 0 bridgehead atoms. The van der Waals surface area contributed by atoms with E-state index in [4.69, 9.17) is 15.7 Å². The van der Waals surface area contributed by atoms with Crippen molar-refractivity contribution < 1.29 is 15.7 Å². The number of nitrogens with zero attached hydrogens (tertiary/aromatic N) is 1. The molecule has 0 aromatic rings. The van der Waals surface area contributed by atoms with Gasteiger partial charge in [0.2, 0.25) is 0 Å². The summed E-state index contributed by atoms with van der Waals surface area (Å²) in [6.45, 7) is 6.47. The molecule has 1 nitrogen and oxygen atoms in total. The topological polar surface area (TPSA) is 3.24 Å². The van der Waals surface area contributed by atoms with E-state index in [2.05, 4.69) is 13.8 Å². The number of rotatable bonds is 6. The van der Waals surface area contributed by atoms with E-state index in [0.29, 0.717) is 0 Å². The Balaban J connectivity index is 2.89.